The van der Waals surface area contributed by atoms with Crippen molar-refractivity contribution >= 4 is 5.91 Å². The molecule has 1 amide bonds. The summed E-state index contributed by atoms with van der Waals surface area (Å²) >= 11 is 0. The van der Waals surface area contributed by atoms with E-state index in [1.165, 1.54) is 17.7 Å². The van der Waals surface area contributed by atoms with Crippen molar-refractivity contribution in [3.8, 4) is 5.75 Å². The predicted molar refractivity (Wildman–Crippen MR) is 82.5 cm³/mol. The van der Waals surface area contributed by atoms with Crippen LogP contribution in [0, 0.1) is 5.82 Å². The average molecular weight is 299 g/mol. The van der Waals surface area contributed by atoms with Crippen LogP contribution in [-0.2, 0) is 13.0 Å². The summed E-state index contributed by atoms with van der Waals surface area (Å²) in [6.07, 6.45) is 0.835. The molecule has 0 N–H and O–H groups in total. The molecule has 0 aromatic heterocycles. The van der Waals surface area contributed by atoms with Gasteiger partial charge in [-0.15, -0.1) is 0 Å². The highest BCUT2D eigenvalue weighted by molar-refractivity contribution is 5.94. The van der Waals surface area contributed by atoms with E-state index in [0.717, 1.165) is 12.0 Å². The minimum absolute atomic E-state index is 0.142. The van der Waals surface area contributed by atoms with Crippen molar-refractivity contribution in [3.63, 3.8) is 0 Å². The predicted octanol–water partition coefficient (Wildman–Crippen LogP) is 3.42. The molecule has 0 spiro atoms. The Bertz CT molecular complexity index is 699. The normalized spacial score (nSPS) is 13.6. The summed E-state index contributed by atoms with van der Waals surface area (Å²) in [6, 6.07) is 12.5. The molecule has 1 heterocycles. The number of carbonyl (C=O) groups excluding carboxylic acids is 1. The van der Waals surface area contributed by atoms with E-state index in [2.05, 4.69) is 6.07 Å². The Morgan fingerprint density at radius 2 is 2.00 bits per heavy atom. The molecule has 1 aliphatic rings. The summed E-state index contributed by atoms with van der Waals surface area (Å²) in [7, 11) is 0. The topological polar surface area (TPSA) is 29.5 Å². The van der Waals surface area contributed by atoms with Gasteiger partial charge in [0, 0.05) is 18.7 Å². The number of halogens is 1. The van der Waals surface area contributed by atoms with Gasteiger partial charge in [-0.2, -0.15) is 0 Å². The largest absolute Gasteiger partial charge is 0.491 e. The second-order valence-electron chi connectivity index (χ2n) is 5.32. The van der Waals surface area contributed by atoms with E-state index in [0.29, 0.717) is 25.3 Å². The number of benzene rings is 2. The monoisotopic (exact) mass is 299 g/mol. The summed E-state index contributed by atoms with van der Waals surface area (Å²) in [4.78, 5) is 14.3. The van der Waals surface area contributed by atoms with Crippen LogP contribution < -0.4 is 4.74 Å². The first-order valence-electron chi connectivity index (χ1n) is 7.47. The van der Waals surface area contributed by atoms with Gasteiger partial charge in [0.25, 0.3) is 5.91 Å². The third-order valence-electron chi connectivity index (χ3n) is 3.90. The highest BCUT2D eigenvalue weighted by atomic mass is 19.1. The number of hydrogen-bond acceptors (Lipinski definition) is 2. The van der Waals surface area contributed by atoms with Gasteiger partial charge in [-0.05, 0) is 42.7 Å². The zero-order chi connectivity index (χ0) is 15.5. The molecule has 0 saturated heterocycles. The number of nitrogens with zero attached hydrogens (tertiary/aromatic N) is 1. The molecule has 0 atom stereocenters. The Morgan fingerprint density at radius 1 is 1.23 bits per heavy atom. The molecule has 3 rings (SSSR count). The standard InChI is InChI=1S/C18H18FNO2/c1-2-22-17-8-7-14(11-16(17)19)18(21)20-10-9-13-5-3-4-6-15(13)12-20/h3-8,11H,2,9-10,12H2,1H3. The molecule has 4 heteroatoms. The Labute approximate surface area is 129 Å². The van der Waals surface area contributed by atoms with E-state index in [-0.39, 0.29) is 11.7 Å². The Balaban J connectivity index is 1.79. The first kappa shape index (κ1) is 14.6. The molecule has 0 aliphatic carbocycles. The number of amides is 1. The van der Waals surface area contributed by atoms with Gasteiger partial charge in [-0.25, -0.2) is 4.39 Å². The van der Waals surface area contributed by atoms with Gasteiger partial charge in [-0.1, -0.05) is 24.3 Å². The maximum Gasteiger partial charge on any atom is 0.254 e. The Kier molecular flexibility index (Phi) is 4.09. The van der Waals surface area contributed by atoms with Crippen LogP contribution in [0.4, 0.5) is 4.39 Å². The second-order valence-corrected chi connectivity index (χ2v) is 5.32. The smallest absolute Gasteiger partial charge is 0.254 e. The average Bonchev–Trinajstić information content (AvgIpc) is 2.56. The van der Waals surface area contributed by atoms with Crippen molar-refractivity contribution in [1.82, 2.24) is 4.90 Å². The highest BCUT2D eigenvalue weighted by Crippen LogP contribution is 2.23. The van der Waals surface area contributed by atoms with Crippen LogP contribution in [0.25, 0.3) is 0 Å². The first-order chi connectivity index (χ1) is 10.7. The van der Waals surface area contributed by atoms with Crippen molar-refractivity contribution in [2.75, 3.05) is 13.2 Å². The van der Waals surface area contributed by atoms with Crippen LogP contribution >= 0.6 is 0 Å². The summed E-state index contributed by atoms with van der Waals surface area (Å²) < 4.78 is 19.1. The lowest BCUT2D eigenvalue weighted by Gasteiger charge is -2.29. The van der Waals surface area contributed by atoms with Gasteiger partial charge in [0.2, 0.25) is 0 Å². The lowest BCUT2D eigenvalue weighted by Crippen LogP contribution is -2.35. The van der Waals surface area contributed by atoms with Crippen molar-refractivity contribution < 1.29 is 13.9 Å². The molecular weight excluding hydrogens is 281 g/mol. The summed E-state index contributed by atoms with van der Waals surface area (Å²) in [5.41, 5.74) is 2.80. The Hall–Kier alpha value is -2.36. The molecule has 0 radical (unpaired) electrons. The molecule has 2 aromatic carbocycles. The van der Waals surface area contributed by atoms with Gasteiger partial charge < -0.3 is 9.64 Å². The molecule has 2 aromatic rings. The molecule has 114 valence electrons. The SMILES string of the molecule is CCOc1ccc(C(=O)N2CCc3ccccc3C2)cc1F. The summed E-state index contributed by atoms with van der Waals surface area (Å²) in [5.74, 6) is -0.454. The van der Waals surface area contributed by atoms with Crippen LogP contribution in [0.5, 0.6) is 5.75 Å². The number of ether oxygens (including phenoxy) is 1. The molecule has 3 nitrogen and oxygen atoms in total. The molecular formula is C18H18FNO2. The van der Waals surface area contributed by atoms with Crippen LogP contribution in [-0.4, -0.2) is 24.0 Å². The molecule has 0 saturated carbocycles. The van der Waals surface area contributed by atoms with Crippen molar-refractivity contribution in [2.45, 2.75) is 19.9 Å². The fraction of sp³-hybridized carbons (Fsp3) is 0.278. The van der Waals surface area contributed by atoms with Gasteiger partial charge in [0.15, 0.2) is 11.6 Å². The van der Waals surface area contributed by atoms with E-state index < -0.39 is 5.82 Å². The third kappa shape index (κ3) is 2.82. The molecule has 0 fully saturated rings. The van der Waals surface area contributed by atoms with Crippen LogP contribution in [0.15, 0.2) is 42.5 Å². The minimum Gasteiger partial charge on any atom is -0.491 e. The molecule has 1 aliphatic heterocycles. The van der Waals surface area contributed by atoms with Gasteiger partial charge >= 0.3 is 0 Å². The molecule has 0 unspecified atom stereocenters. The van der Waals surface area contributed by atoms with Gasteiger partial charge in [0.05, 0.1) is 6.61 Å². The fourth-order valence-electron chi connectivity index (χ4n) is 2.76. The maximum atomic E-state index is 13.9. The number of fused-ring (bicyclic) bond motifs is 1. The highest BCUT2D eigenvalue weighted by Gasteiger charge is 2.22. The number of carbonyl (C=O) groups is 1. The van der Waals surface area contributed by atoms with Crippen LogP contribution in [0.3, 0.4) is 0 Å². The second kappa shape index (κ2) is 6.18. The zero-order valence-corrected chi connectivity index (χ0v) is 12.5. The van der Waals surface area contributed by atoms with Crippen LogP contribution in [0.2, 0.25) is 0 Å². The van der Waals surface area contributed by atoms with Gasteiger partial charge in [-0.3, -0.25) is 4.79 Å². The van der Waals surface area contributed by atoms with E-state index in [9.17, 15) is 9.18 Å². The number of hydrogen-bond donors (Lipinski definition) is 0. The van der Waals surface area contributed by atoms with E-state index in [4.69, 9.17) is 4.74 Å². The van der Waals surface area contributed by atoms with E-state index in [1.54, 1.807) is 17.9 Å². The maximum absolute atomic E-state index is 13.9. The first-order valence-corrected chi connectivity index (χ1v) is 7.47. The third-order valence-corrected chi connectivity index (χ3v) is 3.90. The van der Waals surface area contributed by atoms with E-state index in [1.807, 2.05) is 18.2 Å². The summed E-state index contributed by atoms with van der Waals surface area (Å²) in [5, 5.41) is 0. The fourth-order valence-corrected chi connectivity index (χ4v) is 2.76. The lowest BCUT2D eigenvalue weighted by molar-refractivity contribution is 0.0734. The quantitative estimate of drug-likeness (QED) is 0.869. The van der Waals surface area contributed by atoms with Crippen LogP contribution in [0.1, 0.15) is 28.4 Å². The van der Waals surface area contributed by atoms with Crippen molar-refractivity contribution in [1.29, 1.82) is 0 Å². The molecule has 22 heavy (non-hydrogen) atoms. The number of rotatable bonds is 3. The Morgan fingerprint density at radius 3 is 2.73 bits per heavy atom. The van der Waals surface area contributed by atoms with Gasteiger partial charge in [0.1, 0.15) is 0 Å². The summed E-state index contributed by atoms with van der Waals surface area (Å²) in [6.45, 7) is 3.42. The van der Waals surface area contributed by atoms with E-state index >= 15 is 0 Å². The zero-order valence-electron chi connectivity index (χ0n) is 12.5. The minimum atomic E-state index is -0.495. The van der Waals surface area contributed by atoms with Crippen molar-refractivity contribution in [3.05, 3.63) is 65.0 Å². The molecule has 0 bridgehead atoms. The lowest BCUT2D eigenvalue weighted by atomic mass is 9.99. The van der Waals surface area contributed by atoms with Crippen molar-refractivity contribution in [2.24, 2.45) is 0 Å².